The van der Waals surface area contributed by atoms with Crippen LogP contribution >= 0.6 is 0 Å². The maximum Gasteiger partial charge on any atom is 0.254 e. The molecule has 154 valence electrons. The molecule has 0 aliphatic carbocycles. The van der Waals surface area contributed by atoms with Gasteiger partial charge in [0.05, 0.1) is 5.69 Å². The number of benzene rings is 1. The van der Waals surface area contributed by atoms with Crippen LogP contribution in [0.15, 0.2) is 55.1 Å². The SMILES string of the molecule is O=C(c1cccc(-n2cccn2)c1)N1CCN(c2cc(N3CCCC3)ncn2)CC1. The molecule has 0 atom stereocenters. The van der Waals surface area contributed by atoms with Gasteiger partial charge in [0.1, 0.15) is 18.0 Å². The fourth-order valence-corrected chi connectivity index (χ4v) is 4.15. The molecule has 8 nitrogen and oxygen atoms in total. The number of carbonyl (C=O) groups excluding carboxylic acids is 1. The minimum atomic E-state index is 0.0594. The second kappa shape index (κ2) is 8.14. The molecule has 2 aliphatic heterocycles. The Morgan fingerprint density at radius 1 is 0.833 bits per heavy atom. The number of hydrogen-bond acceptors (Lipinski definition) is 6. The summed E-state index contributed by atoms with van der Waals surface area (Å²) in [6, 6.07) is 11.6. The third kappa shape index (κ3) is 3.72. The van der Waals surface area contributed by atoms with Gasteiger partial charge in [-0.05, 0) is 37.1 Å². The summed E-state index contributed by atoms with van der Waals surface area (Å²) in [6.45, 7) is 5.01. The molecule has 3 aromatic rings. The number of rotatable bonds is 4. The zero-order valence-corrected chi connectivity index (χ0v) is 16.9. The summed E-state index contributed by atoms with van der Waals surface area (Å²) in [6.07, 6.45) is 7.71. The number of amides is 1. The first-order valence-electron chi connectivity index (χ1n) is 10.5. The maximum atomic E-state index is 13.0. The van der Waals surface area contributed by atoms with E-state index in [4.69, 9.17) is 0 Å². The van der Waals surface area contributed by atoms with Crippen molar-refractivity contribution in [2.45, 2.75) is 12.8 Å². The molecule has 2 saturated heterocycles. The summed E-state index contributed by atoms with van der Waals surface area (Å²) in [5, 5.41) is 4.25. The van der Waals surface area contributed by atoms with Gasteiger partial charge >= 0.3 is 0 Å². The van der Waals surface area contributed by atoms with Gasteiger partial charge in [-0.15, -0.1) is 0 Å². The number of piperazine rings is 1. The summed E-state index contributed by atoms with van der Waals surface area (Å²) < 4.78 is 1.77. The van der Waals surface area contributed by atoms with Crippen LogP contribution in [0.1, 0.15) is 23.2 Å². The molecule has 2 aromatic heterocycles. The standard InChI is InChI=1S/C22H25N7O/c30-22(18-5-3-6-19(15-18)29-10-4-7-25-29)28-13-11-27(12-14-28)21-16-20(23-17-24-21)26-8-1-2-9-26/h3-7,10,15-17H,1-2,8-9,11-14H2. The Balaban J connectivity index is 1.24. The van der Waals surface area contributed by atoms with Crippen LogP contribution in [0.25, 0.3) is 5.69 Å². The molecule has 0 N–H and O–H groups in total. The molecule has 0 radical (unpaired) electrons. The summed E-state index contributed by atoms with van der Waals surface area (Å²) >= 11 is 0. The molecule has 1 amide bonds. The van der Waals surface area contributed by atoms with Crippen molar-refractivity contribution in [1.29, 1.82) is 0 Å². The highest BCUT2D eigenvalue weighted by molar-refractivity contribution is 5.95. The third-order valence-corrected chi connectivity index (χ3v) is 5.82. The van der Waals surface area contributed by atoms with Crippen molar-refractivity contribution in [3.05, 3.63) is 60.7 Å². The van der Waals surface area contributed by atoms with Crippen LogP contribution in [0, 0.1) is 0 Å². The summed E-state index contributed by atoms with van der Waals surface area (Å²) in [5.41, 5.74) is 1.58. The highest BCUT2D eigenvalue weighted by atomic mass is 16.2. The molecule has 4 heterocycles. The normalized spacial score (nSPS) is 16.9. The van der Waals surface area contributed by atoms with E-state index in [1.165, 1.54) is 12.8 Å². The minimum absolute atomic E-state index is 0.0594. The minimum Gasteiger partial charge on any atom is -0.356 e. The van der Waals surface area contributed by atoms with E-state index in [9.17, 15) is 4.79 Å². The Labute approximate surface area is 175 Å². The molecule has 0 unspecified atom stereocenters. The van der Waals surface area contributed by atoms with Gasteiger partial charge in [0.15, 0.2) is 0 Å². The lowest BCUT2D eigenvalue weighted by molar-refractivity contribution is 0.0746. The molecule has 1 aromatic carbocycles. The molecule has 0 saturated carbocycles. The zero-order valence-electron chi connectivity index (χ0n) is 16.9. The number of aromatic nitrogens is 4. The summed E-state index contributed by atoms with van der Waals surface area (Å²) in [7, 11) is 0. The first kappa shape index (κ1) is 18.6. The topological polar surface area (TPSA) is 70.4 Å². The lowest BCUT2D eigenvalue weighted by atomic mass is 10.1. The first-order valence-corrected chi connectivity index (χ1v) is 10.5. The monoisotopic (exact) mass is 403 g/mol. The van der Waals surface area contributed by atoms with E-state index in [-0.39, 0.29) is 5.91 Å². The van der Waals surface area contributed by atoms with Crippen LogP contribution in [-0.2, 0) is 0 Å². The second-order valence-electron chi connectivity index (χ2n) is 7.71. The van der Waals surface area contributed by atoms with Gasteiger partial charge in [0.25, 0.3) is 5.91 Å². The van der Waals surface area contributed by atoms with Crippen LogP contribution < -0.4 is 9.80 Å². The van der Waals surface area contributed by atoms with E-state index >= 15 is 0 Å². The summed E-state index contributed by atoms with van der Waals surface area (Å²) in [4.78, 5) is 28.4. The van der Waals surface area contributed by atoms with Crippen molar-refractivity contribution in [2.24, 2.45) is 0 Å². The van der Waals surface area contributed by atoms with E-state index in [1.807, 2.05) is 41.4 Å². The largest absolute Gasteiger partial charge is 0.356 e. The predicted molar refractivity (Wildman–Crippen MR) is 115 cm³/mol. The smallest absolute Gasteiger partial charge is 0.254 e. The van der Waals surface area contributed by atoms with Crippen molar-refractivity contribution in [1.82, 2.24) is 24.6 Å². The fourth-order valence-electron chi connectivity index (χ4n) is 4.15. The van der Waals surface area contributed by atoms with Gasteiger partial charge in [-0.25, -0.2) is 14.6 Å². The second-order valence-corrected chi connectivity index (χ2v) is 7.71. The molecule has 2 aliphatic rings. The Kier molecular flexibility index (Phi) is 5.04. The van der Waals surface area contributed by atoms with Crippen molar-refractivity contribution in [3.8, 4) is 5.69 Å². The quantitative estimate of drug-likeness (QED) is 0.665. The van der Waals surface area contributed by atoms with Gasteiger partial charge < -0.3 is 14.7 Å². The van der Waals surface area contributed by atoms with E-state index in [0.29, 0.717) is 18.7 Å². The van der Waals surface area contributed by atoms with Crippen LogP contribution in [0.3, 0.4) is 0 Å². The Bertz CT molecular complexity index is 1010. The fraction of sp³-hybridized carbons (Fsp3) is 0.364. The van der Waals surface area contributed by atoms with Crippen molar-refractivity contribution in [3.63, 3.8) is 0 Å². The van der Waals surface area contributed by atoms with E-state index in [2.05, 4.69) is 30.9 Å². The molecular weight excluding hydrogens is 378 g/mol. The van der Waals surface area contributed by atoms with Gasteiger partial charge in [-0.2, -0.15) is 5.10 Å². The van der Waals surface area contributed by atoms with E-state index < -0.39 is 0 Å². The van der Waals surface area contributed by atoms with Crippen LogP contribution in [0.2, 0.25) is 0 Å². The average molecular weight is 403 g/mol. The van der Waals surface area contributed by atoms with E-state index in [0.717, 1.165) is 43.5 Å². The van der Waals surface area contributed by atoms with Crippen LogP contribution in [0.4, 0.5) is 11.6 Å². The maximum absolute atomic E-state index is 13.0. The molecule has 8 heteroatoms. The van der Waals surface area contributed by atoms with Crippen molar-refractivity contribution in [2.75, 3.05) is 49.1 Å². The van der Waals surface area contributed by atoms with Crippen molar-refractivity contribution >= 4 is 17.5 Å². The van der Waals surface area contributed by atoms with Crippen LogP contribution in [0.5, 0.6) is 0 Å². The lowest BCUT2D eigenvalue weighted by Crippen LogP contribution is -2.49. The molecule has 5 rings (SSSR count). The zero-order chi connectivity index (χ0) is 20.3. The first-order chi connectivity index (χ1) is 14.8. The van der Waals surface area contributed by atoms with Gasteiger partial charge in [-0.1, -0.05) is 6.07 Å². The molecule has 0 spiro atoms. The summed E-state index contributed by atoms with van der Waals surface area (Å²) in [5.74, 6) is 2.01. The Hall–Kier alpha value is -3.42. The van der Waals surface area contributed by atoms with Gasteiger partial charge in [0, 0.05) is 63.3 Å². The molecule has 2 fully saturated rings. The van der Waals surface area contributed by atoms with E-state index in [1.54, 1.807) is 17.2 Å². The van der Waals surface area contributed by atoms with Gasteiger partial charge in [0.2, 0.25) is 0 Å². The Morgan fingerprint density at radius 3 is 2.27 bits per heavy atom. The third-order valence-electron chi connectivity index (χ3n) is 5.82. The number of anilines is 2. The number of carbonyl (C=O) groups is 1. The number of nitrogens with zero attached hydrogens (tertiary/aromatic N) is 7. The highest BCUT2D eigenvalue weighted by Crippen LogP contribution is 2.22. The van der Waals surface area contributed by atoms with Crippen molar-refractivity contribution < 1.29 is 4.79 Å². The lowest BCUT2D eigenvalue weighted by Gasteiger charge is -2.35. The van der Waals surface area contributed by atoms with Crippen LogP contribution in [-0.4, -0.2) is 69.8 Å². The Morgan fingerprint density at radius 2 is 1.57 bits per heavy atom. The average Bonchev–Trinajstić information content (AvgIpc) is 3.54. The highest BCUT2D eigenvalue weighted by Gasteiger charge is 2.24. The van der Waals surface area contributed by atoms with Gasteiger partial charge in [-0.3, -0.25) is 4.79 Å². The molecule has 30 heavy (non-hydrogen) atoms. The number of hydrogen-bond donors (Lipinski definition) is 0. The molecular formula is C22H25N7O. The molecule has 0 bridgehead atoms. The predicted octanol–water partition coefficient (Wildman–Crippen LogP) is 2.22.